The number of anilines is 6. The van der Waals surface area contributed by atoms with Crippen LogP contribution in [0.4, 0.5) is 34.1 Å². The number of hydrogen-bond donors (Lipinski definition) is 0. The molecule has 0 amide bonds. The zero-order valence-electron chi connectivity index (χ0n) is 68.3. The third-order valence-electron chi connectivity index (χ3n) is 25.6. The first-order chi connectivity index (χ1) is 60.0. The summed E-state index contributed by atoms with van der Waals surface area (Å²) < 4.78 is 14.4. The largest absolute Gasteiger partial charge is 0.455 e. The van der Waals surface area contributed by atoms with Crippen LogP contribution in [0.5, 0.6) is 0 Å². The van der Waals surface area contributed by atoms with Crippen LogP contribution in [0.15, 0.2) is 446 Å². The standard InChI is InChI=1S/C61H43NO.C57H41NO/c1-61(2)55-23-12-11-20-52(55)58-56(61)39-54(44-17-7-4-8-18-44)57-53-22-13-21-51(59(53)63-60(57)58)45-30-36-50(37-31-45)62(48-32-26-42(27-33-48)40-14-5-3-6-15-40)49-34-28-43(29-35-49)47-25-24-41-16-9-10-19-46(41)38-47;1-57(2)51-24-13-12-21-48(51)54-52(57)37-50(42-19-10-5-11-20-42)53-49-23-14-22-47(55(49)59-56(53)54)43-29-35-46(36-30-43)58(44-31-25-40(26-32-44)38-15-6-3-7-16-38)45-33-27-41(28-34-45)39-17-8-4-9-18-39/h3-39H,1-2H3;3-37H,1-2H3. The lowest BCUT2D eigenvalue weighted by molar-refractivity contribution is 0.654. The number of nitrogens with zero attached hydrogens (tertiary/aromatic N) is 2. The van der Waals surface area contributed by atoms with Gasteiger partial charge in [-0.3, -0.25) is 0 Å². The molecule has 2 aliphatic carbocycles. The van der Waals surface area contributed by atoms with E-state index in [0.29, 0.717) is 0 Å². The van der Waals surface area contributed by atoms with Crippen LogP contribution < -0.4 is 9.80 Å². The highest BCUT2D eigenvalue weighted by molar-refractivity contribution is 6.22. The lowest BCUT2D eigenvalue weighted by Gasteiger charge is -2.26. The molecule has 19 aromatic carbocycles. The van der Waals surface area contributed by atoms with Crippen LogP contribution >= 0.6 is 0 Å². The Labute approximate surface area is 711 Å². The van der Waals surface area contributed by atoms with Gasteiger partial charge in [-0.2, -0.15) is 0 Å². The van der Waals surface area contributed by atoms with Gasteiger partial charge in [0, 0.05) is 88.8 Å². The fourth-order valence-electron chi connectivity index (χ4n) is 19.3. The molecule has 0 N–H and O–H groups in total. The molecule has 0 saturated heterocycles. The van der Waals surface area contributed by atoms with Crippen LogP contribution in [0.3, 0.4) is 0 Å². The first kappa shape index (κ1) is 73.0. The summed E-state index contributed by atoms with van der Waals surface area (Å²) in [7, 11) is 0. The lowest BCUT2D eigenvalue weighted by atomic mass is 9.81. The average molecular weight is 1560 g/mol. The number of para-hydroxylation sites is 2. The predicted octanol–water partition coefficient (Wildman–Crippen LogP) is 33.2. The van der Waals surface area contributed by atoms with Gasteiger partial charge in [0.1, 0.15) is 22.3 Å². The van der Waals surface area contributed by atoms with E-state index >= 15 is 0 Å². The summed E-state index contributed by atoms with van der Waals surface area (Å²) in [5, 5.41) is 7.08. The number of furan rings is 2. The van der Waals surface area contributed by atoms with E-state index in [1.165, 1.54) is 127 Å². The van der Waals surface area contributed by atoms with Gasteiger partial charge in [-0.25, -0.2) is 0 Å². The second-order valence-electron chi connectivity index (χ2n) is 33.4. The molecular weight excluding hydrogens is 1480 g/mol. The SMILES string of the molecule is CC1(C)c2ccccc2-c2c1cc(-c1ccccc1)c1c2oc2c(-c3ccc(N(c4ccc(-c5ccccc5)cc4)c4ccc(-c5ccc6ccccc6c5)cc4)cc3)cccc21.CC1(C)c2ccccc2-c2c1cc(-c1ccccc1)c1c2oc2c(-c3ccc(N(c4ccc(-c5ccccc5)cc4)c4ccc(-c5ccccc5)cc4)cc3)cccc21. The van der Waals surface area contributed by atoms with E-state index < -0.39 is 0 Å². The van der Waals surface area contributed by atoms with Crippen molar-refractivity contribution in [3.63, 3.8) is 0 Å². The van der Waals surface area contributed by atoms with E-state index in [2.05, 4.69) is 474 Å². The Kier molecular flexibility index (Phi) is 17.9. The summed E-state index contributed by atoms with van der Waals surface area (Å²) >= 11 is 0. The zero-order valence-corrected chi connectivity index (χ0v) is 68.3. The molecule has 2 heterocycles. The molecule has 0 atom stereocenters. The Morgan fingerprint density at radius 1 is 0.180 bits per heavy atom. The highest BCUT2D eigenvalue weighted by atomic mass is 16.3. The summed E-state index contributed by atoms with van der Waals surface area (Å²) in [5.74, 6) is 0. The molecule has 122 heavy (non-hydrogen) atoms. The molecule has 578 valence electrons. The molecule has 0 fully saturated rings. The summed E-state index contributed by atoms with van der Waals surface area (Å²) in [6, 6.07) is 158. The van der Waals surface area contributed by atoms with Gasteiger partial charge in [0.25, 0.3) is 0 Å². The maximum atomic E-state index is 7.22. The molecule has 2 aromatic heterocycles. The third kappa shape index (κ3) is 12.6. The Morgan fingerprint density at radius 2 is 0.443 bits per heavy atom. The van der Waals surface area contributed by atoms with Crippen molar-refractivity contribution in [3.8, 4) is 111 Å². The molecule has 0 spiro atoms. The number of benzene rings is 19. The fraction of sp³-hybridized carbons (Fsp3) is 0.0508. The molecule has 23 rings (SSSR count). The minimum absolute atomic E-state index is 0.156. The van der Waals surface area contributed by atoms with E-state index in [9.17, 15) is 0 Å². The van der Waals surface area contributed by atoms with Crippen molar-refractivity contribution >= 4 is 88.8 Å². The number of rotatable bonds is 14. The smallest absolute Gasteiger partial charge is 0.144 e. The number of hydrogen-bond acceptors (Lipinski definition) is 4. The Balaban J connectivity index is 0.000000146. The van der Waals surface area contributed by atoms with Crippen molar-refractivity contribution in [3.05, 3.63) is 459 Å². The van der Waals surface area contributed by atoms with Crippen LogP contribution in [0, 0.1) is 0 Å². The summed E-state index contributed by atoms with van der Waals surface area (Å²) in [4.78, 5) is 4.68. The quantitative estimate of drug-likeness (QED) is 0.109. The molecule has 4 nitrogen and oxygen atoms in total. The summed E-state index contributed by atoms with van der Waals surface area (Å²) in [5.41, 5.74) is 38.9. The molecule has 0 radical (unpaired) electrons. The first-order valence-corrected chi connectivity index (χ1v) is 42.3. The van der Waals surface area contributed by atoms with Crippen molar-refractivity contribution in [2.75, 3.05) is 9.80 Å². The monoisotopic (exact) mass is 1560 g/mol. The van der Waals surface area contributed by atoms with Gasteiger partial charge in [0.15, 0.2) is 0 Å². The minimum atomic E-state index is -0.161. The van der Waals surface area contributed by atoms with E-state index in [4.69, 9.17) is 8.83 Å². The van der Waals surface area contributed by atoms with Crippen molar-refractivity contribution in [1.82, 2.24) is 0 Å². The molecule has 0 bridgehead atoms. The van der Waals surface area contributed by atoms with Crippen LogP contribution in [0.1, 0.15) is 49.9 Å². The normalized spacial score (nSPS) is 12.7. The highest BCUT2D eigenvalue weighted by Crippen LogP contribution is 2.58. The first-order valence-electron chi connectivity index (χ1n) is 42.3. The van der Waals surface area contributed by atoms with Gasteiger partial charge in [-0.1, -0.05) is 373 Å². The Morgan fingerprint density at radius 3 is 0.795 bits per heavy atom. The molecule has 0 aliphatic heterocycles. The van der Waals surface area contributed by atoms with Crippen LogP contribution in [0.2, 0.25) is 0 Å². The molecule has 0 unspecified atom stereocenters. The minimum Gasteiger partial charge on any atom is -0.455 e. The third-order valence-corrected chi connectivity index (χ3v) is 25.6. The fourth-order valence-corrected chi connectivity index (χ4v) is 19.3. The van der Waals surface area contributed by atoms with Gasteiger partial charge in [-0.15, -0.1) is 0 Å². The van der Waals surface area contributed by atoms with E-state index in [1.807, 2.05) is 0 Å². The van der Waals surface area contributed by atoms with Gasteiger partial charge >= 0.3 is 0 Å². The number of fused-ring (bicyclic) bond motifs is 15. The van der Waals surface area contributed by atoms with Crippen molar-refractivity contribution in [2.45, 2.75) is 38.5 Å². The second kappa shape index (κ2) is 29.9. The average Bonchev–Trinajstić information content (AvgIpc) is 1.54. The Bertz CT molecular complexity index is 7440. The van der Waals surface area contributed by atoms with Crippen LogP contribution in [0.25, 0.3) is 166 Å². The van der Waals surface area contributed by atoms with Crippen molar-refractivity contribution in [1.29, 1.82) is 0 Å². The van der Waals surface area contributed by atoms with Crippen LogP contribution in [-0.2, 0) is 10.8 Å². The maximum Gasteiger partial charge on any atom is 0.144 e. The van der Waals surface area contributed by atoms with Crippen molar-refractivity contribution < 1.29 is 8.83 Å². The molecule has 21 aromatic rings. The molecular formula is C118H84N2O2. The summed E-state index contributed by atoms with van der Waals surface area (Å²) in [6.45, 7) is 9.36. The van der Waals surface area contributed by atoms with Crippen molar-refractivity contribution in [2.24, 2.45) is 0 Å². The van der Waals surface area contributed by atoms with Gasteiger partial charge in [0.2, 0.25) is 0 Å². The van der Waals surface area contributed by atoms with Gasteiger partial charge in [0.05, 0.1) is 0 Å². The van der Waals surface area contributed by atoms with E-state index in [1.54, 1.807) is 0 Å². The Hall–Kier alpha value is -15.4. The van der Waals surface area contributed by atoms with Crippen LogP contribution in [-0.4, -0.2) is 0 Å². The molecule has 4 heteroatoms. The molecule has 0 saturated carbocycles. The van der Waals surface area contributed by atoms with Gasteiger partial charge < -0.3 is 18.6 Å². The highest BCUT2D eigenvalue weighted by Gasteiger charge is 2.41. The zero-order chi connectivity index (χ0) is 81.6. The lowest BCUT2D eigenvalue weighted by Crippen LogP contribution is -2.15. The van der Waals surface area contributed by atoms with E-state index in [-0.39, 0.29) is 10.8 Å². The molecule has 2 aliphatic rings. The summed E-state index contributed by atoms with van der Waals surface area (Å²) in [6.07, 6.45) is 0. The van der Waals surface area contributed by atoms with E-state index in [0.717, 1.165) is 94.9 Å². The topological polar surface area (TPSA) is 32.8 Å². The maximum absolute atomic E-state index is 7.22. The predicted molar refractivity (Wildman–Crippen MR) is 513 cm³/mol. The van der Waals surface area contributed by atoms with Gasteiger partial charge in [-0.05, 0) is 213 Å². The second-order valence-corrected chi connectivity index (χ2v) is 33.4.